The van der Waals surface area contributed by atoms with Crippen molar-refractivity contribution in [3.05, 3.63) is 36.9 Å². The Balaban J connectivity index is 1.73. The minimum Gasteiger partial charge on any atom is -0.425 e. The van der Waals surface area contributed by atoms with Crippen LogP contribution < -0.4 is 4.90 Å². The molecule has 1 saturated heterocycles. The van der Waals surface area contributed by atoms with Crippen molar-refractivity contribution in [2.45, 2.75) is 0 Å². The summed E-state index contributed by atoms with van der Waals surface area (Å²) >= 11 is 0. The third-order valence-electron chi connectivity index (χ3n) is 4.33. The largest absolute Gasteiger partial charge is 0.425 e. The molecule has 120 valence electrons. The van der Waals surface area contributed by atoms with Crippen LogP contribution in [0, 0.1) is 0 Å². The van der Waals surface area contributed by atoms with Gasteiger partial charge in [0.1, 0.15) is 0 Å². The molecule has 1 fully saturated rings. The van der Waals surface area contributed by atoms with Crippen LogP contribution in [0.3, 0.4) is 0 Å². The van der Waals surface area contributed by atoms with Crippen LogP contribution in [0.5, 0.6) is 0 Å². The van der Waals surface area contributed by atoms with Gasteiger partial charge in [0.15, 0.2) is 23.6 Å². The second-order valence-corrected chi connectivity index (χ2v) is 5.72. The van der Waals surface area contributed by atoms with E-state index in [1.54, 1.807) is 0 Å². The molecule has 0 radical (unpaired) electrons. The molecule has 0 aliphatic carbocycles. The van der Waals surface area contributed by atoms with E-state index in [2.05, 4.69) is 19.9 Å². The molecule has 0 spiro atoms. The van der Waals surface area contributed by atoms with Gasteiger partial charge in [0.05, 0.1) is 13.2 Å². The van der Waals surface area contributed by atoms with Gasteiger partial charge >= 0.3 is 0 Å². The number of rotatable bonds is 2. The molecule has 0 saturated carbocycles. The van der Waals surface area contributed by atoms with Gasteiger partial charge in [0.2, 0.25) is 0 Å². The zero-order chi connectivity index (χ0) is 15.9. The van der Waals surface area contributed by atoms with E-state index < -0.39 is 0 Å². The van der Waals surface area contributed by atoms with Crippen LogP contribution in [0.15, 0.2) is 41.3 Å². The molecule has 0 amide bonds. The van der Waals surface area contributed by atoms with E-state index >= 15 is 0 Å². The van der Waals surface area contributed by atoms with E-state index in [4.69, 9.17) is 14.1 Å². The maximum atomic E-state index is 5.48. The van der Waals surface area contributed by atoms with Crippen LogP contribution in [-0.4, -0.2) is 46.2 Å². The van der Waals surface area contributed by atoms with Crippen molar-refractivity contribution in [2.75, 3.05) is 31.2 Å². The zero-order valence-corrected chi connectivity index (χ0v) is 12.9. The Morgan fingerprint density at radius 1 is 1.08 bits per heavy atom. The molecule has 1 N–H and O–H groups in total. The van der Waals surface area contributed by atoms with Crippen molar-refractivity contribution >= 4 is 28.0 Å². The van der Waals surface area contributed by atoms with Gasteiger partial charge in [-0.1, -0.05) is 12.1 Å². The molecule has 7 nitrogen and oxygen atoms in total. The quantitative estimate of drug-likeness (QED) is 0.611. The first kappa shape index (κ1) is 13.5. The Morgan fingerprint density at radius 3 is 2.92 bits per heavy atom. The number of ether oxygens (including phenoxy) is 1. The summed E-state index contributed by atoms with van der Waals surface area (Å²) in [5, 5.41) is 1.09. The summed E-state index contributed by atoms with van der Waals surface area (Å²) < 4.78 is 10.9. The Morgan fingerprint density at radius 2 is 2.00 bits per heavy atom. The van der Waals surface area contributed by atoms with Gasteiger partial charge in [-0.25, -0.2) is 9.97 Å². The third kappa shape index (κ3) is 2.05. The molecule has 5 rings (SSSR count). The predicted octanol–water partition coefficient (Wildman–Crippen LogP) is 2.60. The number of anilines is 1. The molecule has 4 heterocycles. The number of morpholine rings is 1. The van der Waals surface area contributed by atoms with Crippen molar-refractivity contribution < 1.29 is 9.15 Å². The van der Waals surface area contributed by atoms with E-state index in [0.29, 0.717) is 30.3 Å². The fourth-order valence-electron chi connectivity index (χ4n) is 3.14. The molecule has 1 aromatic carbocycles. The Bertz CT molecular complexity index is 1020. The lowest BCUT2D eigenvalue weighted by molar-refractivity contribution is 0.122. The normalized spacial score (nSPS) is 15.4. The van der Waals surface area contributed by atoms with Crippen LogP contribution in [0.4, 0.5) is 5.82 Å². The molecule has 1 aliphatic heterocycles. The van der Waals surface area contributed by atoms with E-state index in [9.17, 15) is 0 Å². The van der Waals surface area contributed by atoms with Gasteiger partial charge < -0.3 is 19.0 Å². The highest BCUT2D eigenvalue weighted by Crippen LogP contribution is 2.30. The van der Waals surface area contributed by atoms with Crippen LogP contribution in [0.1, 0.15) is 0 Å². The highest BCUT2D eigenvalue weighted by molar-refractivity contribution is 5.95. The number of H-pyrrole nitrogens is 1. The first-order valence-corrected chi connectivity index (χ1v) is 7.90. The minimum atomic E-state index is 0.508. The van der Waals surface area contributed by atoms with Crippen molar-refractivity contribution in [2.24, 2.45) is 0 Å². The van der Waals surface area contributed by atoms with Crippen LogP contribution in [-0.2, 0) is 4.74 Å². The second kappa shape index (κ2) is 5.31. The van der Waals surface area contributed by atoms with Gasteiger partial charge in [-0.3, -0.25) is 0 Å². The van der Waals surface area contributed by atoms with Crippen molar-refractivity contribution in [3.8, 4) is 11.4 Å². The third-order valence-corrected chi connectivity index (χ3v) is 4.33. The monoisotopic (exact) mass is 321 g/mol. The van der Waals surface area contributed by atoms with Gasteiger partial charge in [-0.2, -0.15) is 4.98 Å². The number of nitrogens with zero attached hydrogens (tertiary/aromatic N) is 4. The molecular weight excluding hydrogens is 306 g/mol. The summed E-state index contributed by atoms with van der Waals surface area (Å²) in [4.78, 5) is 19.1. The number of aromatic amines is 1. The molecule has 4 aromatic rings. The fraction of sp³-hybridized carbons (Fsp3) is 0.235. The summed E-state index contributed by atoms with van der Waals surface area (Å²) in [6.45, 7) is 2.94. The smallest absolute Gasteiger partial charge is 0.252 e. The second-order valence-electron chi connectivity index (χ2n) is 5.72. The lowest BCUT2D eigenvalue weighted by Crippen LogP contribution is -2.37. The molecule has 0 atom stereocenters. The SMILES string of the molecule is c1cc(-c2nc(N3CCOCC3)c3ncoc3n2)c2cc[nH]c2c1. The number of hydrogen-bond donors (Lipinski definition) is 1. The summed E-state index contributed by atoms with van der Waals surface area (Å²) in [7, 11) is 0. The van der Waals surface area contributed by atoms with E-state index in [1.807, 2.05) is 30.5 Å². The Labute approximate surface area is 137 Å². The predicted molar refractivity (Wildman–Crippen MR) is 89.9 cm³/mol. The highest BCUT2D eigenvalue weighted by atomic mass is 16.5. The van der Waals surface area contributed by atoms with E-state index in [1.165, 1.54) is 6.39 Å². The molecule has 7 heteroatoms. The summed E-state index contributed by atoms with van der Waals surface area (Å²) in [6, 6.07) is 8.09. The van der Waals surface area contributed by atoms with Gasteiger partial charge in [-0.15, -0.1) is 0 Å². The lowest BCUT2D eigenvalue weighted by Gasteiger charge is -2.27. The molecular formula is C17H15N5O2. The maximum Gasteiger partial charge on any atom is 0.252 e. The molecule has 1 aliphatic rings. The summed E-state index contributed by atoms with van der Waals surface area (Å²) in [6.07, 6.45) is 3.34. The van der Waals surface area contributed by atoms with Crippen LogP contribution in [0.2, 0.25) is 0 Å². The number of aromatic nitrogens is 4. The van der Waals surface area contributed by atoms with E-state index in [-0.39, 0.29) is 0 Å². The van der Waals surface area contributed by atoms with Gasteiger partial charge in [-0.05, 0) is 12.1 Å². The number of oxazole rings is 1. The fourth-order valence-corrected chi connectivity index (χ4v) is 3.14. The van der Waals surface area contributed by atoms with Crippen molar-refractivity contribution in [3.63, 3.8) is 0 Å². The summed E-state index contributed by atoms with van der Waals surface area (Å²) in [5.41, 5.74) is 3.24. The number of fused-ring (bicyclic) bond motifs is 2. The lowest BCUT2D eigenvalue weighted by atomic mass is 10.1. The standard InChI is InChI=1S/C17H15N5O2/c1-2-12(11-4-5-18-13(11)3-1)15-20-16(22-6-8-23-9-7-22)14-17(21-15)24-10-19-14/h1-5,10,18H,6-9H2. The van der Waals surface area contributed by atoms with Crippen molar-refractivity contribution in [1.29, 1.82) is 0 Å². The molecule has 0 unspecified atom stereocenters. The van der Waals surface area contributed by atoms with Gasteiger partial charge in [0, 0.05) is 35.8 Å². The topological polar surface area (TPSA) is 80.1 Å². The minimum absolute atomic E-state index is 0.508. The molecule has 3 aromatic heterocycles. The average Bonchev–Trinajstić information content (AvgIpc) is 3.30. The highest BCUT2D eigenvalue weighted by Gasteiger charge is 2.21. The first-order chi connectivity index (χ1) is 11.9. The number of hydrogen-bond acceptors (Lipinski definition) is 6. The maximum absolute atomic E-state index is 5.48. The average molecular weight is 321 g/mol. The zero-order valence-electron chi connectivity index (χ0n) is 12.9. The van der Waals surface area contributed by atoms with Crippen LogP contribution in [0.25, 0.3) is 33.5 Å². The summed E-state index contributed by atoms with van der Waals surface area (Å²) in [5.74, 6) is 1.45. The first-order valence-electron chi connectivity index (χ1n) is 7.90. The Hall–Kier alpha value is -2.93. The Kier molecular flexibility index (Phi) is 2.99. The molecule has 0 bridgehead atoms. The van der Waals surface area contributed by atoms with Gasteiger partial charge in [0.25, 0.3) is 5.71 Å². The van der Waals surface area contributed by atoms with Crippen molar-refractivity contribution in [1.82, 2.24) is 19.9 Å². The number of benzene rings is 1. The number of nitrogens with one attached hydrogen (secondary N) is 1. The van der Waals surface area contributed by atoms with Crippen LogP contribution >= 0.6 is 0 Å². The van der Waals surface area contributed by atoms with E-state index in [0.717, 1.165) is 35.4 Å². The molecule has 24 heavy (non-hydrogen) atoms.